The third-order valence-electron chi connectivity index (χ3n) is 3.62. The number of nitrogens with two attached hydrogens (primary N) is 1. The molecule has 1 saturated heterocycles. The van der Waals surface area contributed by atoms with Crippen LogP contribution in [0.3, 0.4) is 0 Å². The minimum absolute atomic E-state index is 0.180. The zero-order valence-electron chi connectivity index (χ0n) is 10.6. The van der Waals surface area contributed by atoms with E-state index in [9.17, 15) is 14.5 Å². The monoisotopic (exact) mass is 268 g/mol. The Kier molecular flexibility index (Phi) is 4.11. The van der Waals surface area contributed by atoms with Crippen LogP contribution in [0.4, 0.5) is 10.1 Å². The largest absolute Gasteiger partial charge is 0.381 e. The van der Waals surface area contributed by atoms with Gasteiger partial charge in [-0.3, -0.25) is 10.1 Å². The van der Waals surface area contributed by atoms with Crippen LogP contribution in [-0.4, -0.2) is 24.7 Å². The predicted octanol–water partition coefficient (Wildman–Crippen LogP) is 2.03. The van der Waals surface area contributed by atoms with Gasteiger partial charge in [0.2, 0.25) is 5.82 Å². The molecule has 2 rings (SSSR count). The minimum atomic E-state index is -0.800. The maximum Gasteiger partial charge on any atom is 0.304 e. The van der Waals surface area contributed by atoms with Crippen molar-refractivity contribution >= 4 is 5.69 Å². The summed E-state index contributed by atoms with van der Waals surface area (Å²) in [4.78, 5) is 9.85. The fourth-order valence-corrected chi connectivity index (χ4v) is 2.52. The molecule has 1 aromatic rings. The number of nitrogens with zero attached hydrogens (tertiary/aromatic N) is 1. The number of nitro groups is 1. The molecule has 1 aliphatic heterocycles. The Morgan fingerprint density at radius 2 is 2.32 bits per heavy atom. The topological polar surface area (TPSA) is 78.4 Å². The van der Waals surface area contributed by atoms with Crippen molar-refractivity contribution in [2.75, 3.05) is 19.8 Å². The lowest BCUT2D eigenvalue weighted by atomic mass is 9.77. The van der Waals surface area contributed by atoms with E-state index < -0.39 is 16.4 Å². The molecule has 0 aromatic heterocycles. The summed E-state index contributed by atoms with van der Waals surface area (Å²) < 4.78 is 19.0. The van der Waals surface area contributed by atoms with Gasteiger partial charge in [-0.2, -0.15) is 4.39 Å². The van der Waals surface area contributed by atoms with Crippen molar-refractivity contribution in [1.82, 2.24) is 0 Å². The van der Waals surface area contributed by atoms with Crippen molar-refractivity contribution in [2.45, 2.75) is 19.3 Å². The summed E-state index contributed by atoms with van der Waals surface area (Å²) >= 11 is 0. The first-order chi connectivity index (χ1) is 9.06. The van der Waals surface area contributed by atoms with E-state index in [0.29, 0.717) is 19.6 Å². The minimum Gasteiger partial charge on any atom is -0.381 e. The van der Waals surface area contributed by atoms with Crippen LogP contribution in [0.5, 0.6) is 0 Å². The van der Waals surface area contributed by atoms with E-state index in [4.69, 9.17) is 10.5 Å². The van der Waals surface area contributed by atoms with Gasteiger partial charge in [-0.25, -0.2) is 0 Å². The quantitative estimate of drug-likeness (QED) is 0.669. The molecule has 1 heterocycles. The van der Waals surface area contributed by atoms with Crippen molar-refractivity contribution in [1.29, 1.82) is 0 Å². The van der Waals surface area contributed by atoms with Gasteiger partial charge in [0.25, 0.3) is 0 Å². The average Bonchev–Trinajstić information content (AvgIpc) is 2.39. The Balaban J connectivity index is 2.18. The van der Waals surface area contributed by atoms with E-state index in [0.717, 1.165) is 25.0 Å². The van der Waals surface area contributed by atoms with Gasteiger partial charge in [0, 0.05) is 24.6 Å². The molecule has 2 N–H and O–H groups in total. The summed E-state index contributed by atoms with van der Waals surface area (Å²) in [6.45, 7) is 1.75. The van der Waals surface area contributed by atoms with E-state index >= 15 is 0 Å². The zero-order valence-corrected chi connectivity index (χ0v) is 10.6. The van der Waals surface area contributed by atoms with Crippen molar-refractivity contribution < 1.29 is 14.1 Å². The third kappa shape index (κ3) is 3.08. The molecule has 0 aliphatic carbocycles. The van der Waals surface area contributed by atoms with Gasteiger partial charge >= 0.3 is 5.69 Å². The van der Waals surface area contributed by atoms with E-state index in [1.165, 1.54) is 12.1 Å². The molecule has 5 nitrogen and oxygen atoms in total. The summed E-state index contributed by atoms with van der Waals surface area (Å²) in [6.07, 6.45) is 2.45. The number of benzene rings is 1. The highest BCUT2D eigenvalue weighted by atomic mass is 19.1. The van der Waals surface area contributed by atoms with Crippen LogP contribution in [0.2, 0.25) is 0 Å². The number of ether oxygens (including phenoxy) is 1. The third-order valence-corrected chi connectivity index (χ3v) is 3.62. The Hall–Kier alpha value is -1.53. The van der Waals surface area contributed by atoms with Crippen LogP contribution in [0.25, 0.3) is 0 Å². The summed E-state index contributed by atoms with van der Waals surface area (Å²) in [6, 6.07) is 4.02. The summed E-state index contributed by atoms with van der Waals surface area (Å²) in [5, 5.41) is 10.6. The molecule has 6 heteroatoms. The number of nitro benzene ring substituents is 1. The second-order valence-corrected chi connectivity index (χ2v) is 5.08. The van der Waals surface area contributed by atoms with Crippen molar-refractivity contribution in [3.63, 3.8) is 0 Å². The first kappa shape index (κ1) is 13.9. The molecule has 0 spiro atoms. The van der Waals surface area contributed by atoms with Crippen LogP contribution in [0, 0.1) is 21.3 Å². The highest BCUT2D eigenvalue weighted by Gasteiger charge is 2.32. The van der Waals surface area contributed by atoms with Crippen LogP contribution in [0.1, 0.15) is 18.4 Å². The van der Waals surface area contributed by atoms with Gasteiger partial charge in [-0.15, -0.1) is 0 Å². The highest BCUT2D eigenvalue weighted by molar-refractivity contribution is 5.35. The van der Waals surface area contributed by atoms with E-state index in [1.54, 1.807) is 6.07 Å². The normalized spacial score (nSPS) is 23.3. The van der Waals surface area contributed by atoms with E-state index in [-0.39, 0.29) is 5.41 Å². The second kappa shape index (κ2) is 5.63. The van der Waals surface area contributed by atoms with Crippen molar-refractivity contribution in [3.8, 4) is 0 Å². The SMILES string of the molecule is NCC1(Cc2ccc([N+](=O)[O-])c(F)c2)CCCOC1. The van der Waals surface area contributed by atoms with Gasteiger partial charge in [0.1, 0.15) is 0 Å². The Labute approximate surface area is 110 Å². The van der Waals surface area contributed by atoms with Gasteiger partial charge < -0.3 is 10.5 Å². The Bertz CT molecular complexity index is 473. The maximum absolute atomic E-state index is 13.6. The highest BCUT2D eigenvalue weighted by Crippen LogP contribution is 2.32. The van der Waals surface area contributed by atoms with Gasteiger partial charge in [0.05, 0.1) is 11.5 Å². The molecule has 0 radical (unpaired) electrons. The maximum atomic E-state index is 13.6. The molecule has 1 aliphatic rings. The number of rotatable bonds is 4. The Morgan fingerprint density at radius 1 is 1.53 bits per heavy atom. The molecule has 1 aromatic carbocycles. The molecule has 1 unspecified atom stereocenters. The van der Waals surface area contributed by atoms with Crippen LogP contribution < -0.4 is 5.73 Å². The summed E-state index contributed by atoms with van der Waals surface area (Å²) in [7, 11) is 0. The zero-order chi connectivity index (χ0) is 13.9. The standard InChI is InChI=1S/C13H17FN2O3/c14-11-6-10(2-3-12(11)16(17)18)7-13(8-15)4-1-5-19-9-13/h2-3,6H,1,4-5,7-9,15H2. The average molecular weight is 268 g/mol. The lowest BCUT2D eigenvalue weighted by molar-refractivity contribution is -0.387. The fourth-order valence-electron chi connectivity index (χ4n) is 2.52. The molecule has 0 amide bonds. The second-order valence-electron chi connectivity index (χ2n) is 5.08. The van der Waals surface area contributed by atoms with Crippen molar-refractivity contribution in [2.24, 2.45) is 11.1 Å². The molecular weight excluding hydrogens is 251 g/mol. The number of halogens is 1. The molecule has 0 bridgehead atoms. The van der Waals surface area contributed by atoms with Crippen molar-refractivity contribution in [3.05, 3.63) is 39.7 Å². The lowest BCUT2D eigenvalue weighted by Gasteiger charge is -2.36. The molecule has 1 atom stereocenters. The summed E-state index contributed by atoms with van der Waals surface area (Å²) in [5.74, 6) is -0.800. The van der Waals surface area contributed by atoms with E-state index in [1.807, 2.05) is 0 Å². The van der Waals surface area contributed by atoms with E-state index in [2.05, 4.69) is 0 Å². The number of hydrogen-bond donors (Lipinski definition) is 1. The molecule has 0 saturated carbocycles. The smallest absolute Gasteiger partial charge is 0.304 e. The molecule has 19 heavy (non-hydrogen) atoms. The fraction of sp³-hybridized carbons (Fsp3) is 0.538. The van der Waals surface area contributed by atoms with Gasteiger partial charge in [0.15, 0.2) is 0 Å². The predicted molar refractivity (Wildman–Crippen MR) is 68.3 cm³/mol. The van der Waals surface area contributed by atoms with Crippen LogP contribution >= 0.6 is 0 Å². The molecular formula is C13H17FN2O3. The van der Waals surface area contributed by atoms with Gasteiger partial charge in [-0.05, 0) is 30.9 Å². The van der Waals surface area contributed by atoms with Crippen LogP contribution in [-0.2, 0) is 11.2 Å². The summed E-state index contributed by atoms with van der Waals surface area (Å²) in [5.41, 5.74) is 5.87. The first-order valence-corrected chi connectivity index (χ1v) is 6.27. The lowest BCUT2D eigenvalue weighted by Crippen LogP contribution is -2.40. The Morgan fingerprint density at radius 3 is 2.84 bits per heavy atom. The molecule has 1 fully saturated rings. The van der Waals surface area contributed by atoms with Gasteiger partial charge in [-0.1, -0.05) is 6.07 Å². The number of hydrogen-bond acceptors (Lipinski definition) is 4. The van der Waals surface area contributed by atoms with Crippen LogP contribution in [0.15, 0.2) is 18.2 Å². The first-order valence-electron chi connectivity index (χ1n) is 6.27. The molecule has 104 valence electrons.